The summed E-state index contributed by atoms with van der Waals surface area (Å²) in [5.74, 6) is 0. The SMILES string of the molecule is C=C(Cl)CNS(=O)(=O)c1cc([N+](=O)[O-])ccc1Cl. The van der Waals surface area contributed by atoms with Crippen LogP contribution in [0.2, 0.25) is 5.02 Å². The molecule has 6 nitrogen and oxygen atoms in total. The van der Waals surface area contributed by atoms with Crippen LogP contribution in [-0.2, 0) is 10.0 Å². The van der Waals surface area contributed by atoms with E-state index < -0.39 is 14.9 Å². The van der Waals surface area contributed by atoms with Crippen molar-refractivity contribution >= 4 is 38.9 Å². The summed E-state index contributed by atoms with van der Waals surface area (Å²) >= 11 is 11.1. The van der Waals surface area contributed by atoms with Crippen molar-refractivity contribution in [2.24, 2.45) is 0 Å². The van der Waals surface area contributed by atoms with Gasteiger partial charge < -0.3 is 0 Å². The second-order valence-electron chi connectivity index (χ2n) is 3.21. The Morgan fingerprint density at radius 2 is 2.11 bits per heavy atom. The number of sulfonamides is 1. The van der Waals surface area contributed by atoms with E-state index in [1.807, 2.05) is 0 Å². The van der Waals surface area contributed by atoms with E-state index in [1.54, 1.807) is 0 Å². The molecule has 1 aromatic rings. The molecule has 0 heterocycles. The van der Waals surface area contributed by atoms with E-state index in [0.717, 1.165) is 18.2 Å². The van der Waals surface area contributed by atoms with Crippen LogP contribution in [0.4, 0.5) is 5.69 Å². The number of hydrogen-bond acceptors (Lipinski definition) is 4. The van der Waals surface area contributed by atoms with Crippen molar-refractivity contribution in [2.75, 3.05) is 6.54 Å². The summed E-state index contributed by atoms with van der Waals surface area (Å²) in [5.41, 5.74) is -0.371. The van der Waals surface area contributed by atoms with E-state index in [1.165, 1.54) is 0 Å². The van der Waals surface area contributed by atoms with Gasteiger partial charge in [0.1, 0.15) is 4.90 Å². The Morgan fingerprint density at radius 3 is 2.61 bits per heavy atom. The third-order valence-electron chi connectivity index (χ3n) is 1.87. The summed E-state index contributed by atoms with van der Waals surface area (Å²) in [4.78, 5) is 9.48. The zero-order valence-corrected chi connectivity index (χ0v) is 11.2. The molecule has 0 aliphatic rings. The number of nitro benzene ring substituents is 1. The van der Waals surface area contributed by atoms with Gasteiger partial charge in [0.05, 0.1) is 9.95 Å². The number of non-ortho nitro benzene ring substituents is 1. The molecular formula is C9H8Cl2N2O4S. The van der Waals surface area contributed by atoms with E-state index in [0.29, 0.717) is 0 Å². The van der Waals surface area contributed by atoms with E-state index >= 15 is 0 Å². The van der Waals surface area contributed by atoms with E-state index in [9.17, 15) is 18.5 Å². The average Bonchev–Trinajstić information content (AvgIpc) is 2.26. The lowest BCUT2D eigenvalue weighted by Crippen LogP contribution is -2.25. The van der Waals surface area contributed by atoms with Gasteiger partial charge in [-0.15, -0.1) is 0 Å². The molecule has 1 aromatic carbocycles. The highest BCUT2D eigenvalue weighted by atomic mass is 35.5. The number of benzene rings is 1. The van der Waals surface area contributed by atoms with Crippen molar-refractivity contribution in [3.63, 3.8) is 0 Å². The summed E-state index contributed by atoms with van der Waals surface area (Å²) in [6.07, 6.45) is 0. The molecular weight excluding hydrogens is 303 g/mol. The molecule has 0 fully saturated rings. The summed E-state index contributed by atoms with van der Waals surface area (Å²) in [6, 6.07) is 3.13. The minimum atomic E-state index is -3.97. The molecule has 9 heteroatoms. The largest absolute Gasteiger partial charge is 0.270 e. The first kappa shape index (κ1) is 14.9. The van der Waals surface area contributed by atoms with Gasteiger partial charge in [-0.2, -0.15) is 0 Å². The van der Waals surface area contributed by atoms with Crippen molar-refractivity contribution in [3.05, 3.63) is 44.9 Å². The standard InChI is InChI=1S/C9H8Cl2N2O4S/c1-6(10)5-12-18(16,17)9-4-7(13(14)15)2-3-8(9)11/h2-4,12H,1,5H2. The summed E-state index contributed by atoms with van der Waals surface area (Å²) in [6.45, 7) is 3.13. The number of halogens is 2. The first-order valence-electron chi connectivity index (χ1n) is 4.51. The maximum Gasteiger partial charge on any atom is 0.270 e. The molecule has 0 spiro atoms. The molecule has 0 saturated heterocycles. The Balaban J connectivity index is 3.18. The lowest BCUT2D eigenvalue weighted by molar-refractivity contribution is -0.385. The summed E-state index contributed by atoms with van der Waals surface area (Å²) < 4.78 is 25.7. The van der Waals surface area contributed by atoms with Crippen LogP contribution in [0.25, 0.3) is 0 Å². The van der Waals surface area contributed by atoms with Gasteiger partial charge in [-0.1, -0.05) is 29.8 Å². The highest BCUT2D eigenvalue weighted by molar-refractivity contribution is 7.89. The van der Waals surface area contributed by atoms with E-state index in [2.05, 4.69) is 11.3 Å². The molecule has 0 aliphatic carbocycles. The predicted octanol–water partition coefficient (Wildman–Crippen LogP) is 2.28. The highest BCUT2D eigenvalue weighted by Crippen LogP contribution is 2.25. The fourth-order valence-corrected chi connectivity index (χ4v) is 2.75. The van der Waals surface area contributed by atoms with Gasteiger partial charge in [0, 0.05) is 23.7 Å². The van der Waals surface area contributed by atoms with Gasteiger partial charge in [-0.05, 0) is 6.07 Å². The second-order valence-corrected chi connectivity index (χ2v) is 5.89. The van der Waals surface area contributed by atoms with Crippen molar-refractivity contribution < 1.29 is 13.3 Å². The second kappa shape index (κ2) is 5.66. The fourth-order valence-electron chi connectivity index (χ4n) is 1.06. The van der Waals surface area contributed by atoms with Gasteiger partial charge >= 0.3 is 0 Å². The quantitative estimate of drug-likeness (QED) is 0.667. The Kier molecular flexibility index (Phi) is 4.69. The Labute approximate surface area is 113 Å². The fraction of sp³-hybridized carbons (Fsp3) is 0.111. The van der Waals surface area contributed by atoms with Crippen LogP contribution in [0.15, 0.2) is 34.7 Å². The molecule has 0 bridgehead atoms. The van der Waals surface area contributed by atoms with Crippen molar-refractivity contribution in [2.45, 2.75) is 4.90 Å². The zero-order chi connectivity index (χ0) is 13.9. The monoisotopic (exact) mass is 310 g/mol. The van der Waals surface area contributed by atoms with Crippen molar-refractivity contribution in [1.82, 2.24) is 4.72 Å². The lowest BCUT2D eigenvalue weighted by Gasteiger charge is -2.07. The van der Waals surface area contributed by atoms with Crippen molar-refractivity contribution in [3.8, 4) is 0 Å². The number of nitrogens with one attached hydrogen (secondary N) is 1. The predicted molar refractivity (Wildman–Crippen MR) is 68.3 cm³/mol. The minimum Gasteiger partial charge on any atom is -0.258 e. The summed E-state index contributed by atoms with van der Waals surface area (Å²) in [5, 5.41) is 10.5. The molecule has 0 saturated carbocycles. The first-order chi connectivity index (χ1) is 8.24. The molecule has 0 atom stereocenters. The van der Waals surface area contributed by atoms with Gasteiger partial charge in [0.25, 0.3) is 5.69 Å². The Hall–Kier alpha value is -1.15. The van der Waals surface area contributed by atoms with Gasteiger partial charge in [0.15, 0.2) is 0 Å². The Bertz CT molecular complexity index is 601. The maximum atomic E-state index is 11.8. The molecule has 0 aromatic heterocycles. The van der Waals surface area contributed by atoms with Crippen LogP contribution in [0.1, 0.15) is 0 Å². The first-order valence-corrected chi connectivity index (χ1v) is 6.75. The van der Waals surface area contributed by atoms with Crippen LogP contribution >= 0.6 is 23.2 Å². The number of hydrogen-bond donors (Lipinski definition) is 1. The third-order valence-corrected chi connectivity index (χ3v) is 3.89. The van der Waals surface area contributed by atoms with Gasteiger partial charge in [-0.25, -0.2) is 13.1 Å². The average molecular weight is 311 g/mol. The third kappa shape index (κ3) is 3.67. The number of rotatable bonds is 5. The highest BCUT2D eigenvalue weighted by Gasteiger charge is 2.21. The minimum absolute atomic E-state index is 0.0835. The smallest absolute Gasteiger partial charge is 0.258 e. The van der Waals surface area contributed by atoms with Crippen LogP contribution in [0.5, 0.6) is 0 Å². The number of nitro groups is 1. The molecule has 1 N–H and O–H groups in total. The van der Waals surface area contributed by atoms with Crippen molar-refractivity contribution in [1.29, 1.82) is 0 Å². The Morgan fingerprint density at radius 1 is 1.50 bits per heavy atom. The normalized spacial score (nSPS) is 11.2. The topological polar surface area (TPSA) is 89.3 Å². The molecule has 18 heavy (non-hydrogen) atoms. The van der Waals surface area contributed by atoms with E-state index in [-0.39, 0.29) is 27.2 Å². The van der Waals surface area contributed by atoms with Gasteiger partial charge in [0.2, 0.25) is 10.0 Å². The van der Waals surface area contributed by atoms with Crippen LogP contribution < -0.4 is 4.72 Å². The zero-order valence-electron chi connectivity index (χ0n) is 8.89. The molecule has 98 valence electrons. The van der Waals surface area contributed by atoms with Gasteiger partial charge in [-0.3, -0.25) is 10.1 Å². The molecule has 1 rings (SSSR count). The van der Waals surface area contributed by atoms with E-state index in [4.69, 9.17) is 23.2 Å². The lowest BCUT2D eigenvalue weighted by atomic mass is 10.3. The molecule has 0 amide bonds. The summed E-state index contributed by atoms with van der Waals surface area (Å²) in [7, 11) is -3.97. The van der Waals surface area contributed by atoms with Crippen LogP contribution in [0, 0.1) is 10.1 Å². The van der Waals surface area contributed by atoms with Crippen LogP contribution in [-0.4, -0.2) is 19.9 Å². The molecule has 0 radical (unpaired) electrons. The molecule has 0 unspecified atom stereocenters. The van der Waals surface area contributed by atoms with Crippen LogP contribution in [0.3, 0.4) is 0 Å². The number of nitrogens with zero attached hydrogens (tertiary/aromatic N) is 1. The molecule has 0 aliphatic heterocycles. The maximum absolute atomic E-state index is 11.8.